The molecule has 116 valence electrons. The first-order valence-corrected chi connectivity index (χ1v) is 6.69. The molecule has 0 aromatic heterocycles. The topological polar surface area (TPSA) is 70.7 Å². The number of amides is 2. The molecule has 21 heavy (non-hydrogen) atoms. The van der Waals surface area contributed by atoms with Crippen LogP contribution in [0, 0.1) is 0 Å². The molecule has 0 bridgehead atoms. The van der Waals surface area contributed by atoms with Crippen molar-refractivity contribution in [2.24, 2.45) is 0 Å². The van der Waals surface area contributed by atoms with Gasteiger partial charge in [0.2, 0.25) is 5.91 Å². The van der Waals surface area contributed by atoms with Gasteiger partial charge in [-0.1, -0.05) is 18.2 Å². The van der Waals surface area contributed by atoms with Gasteiger partial charge >= 0.3 is 0 Å². The lowest BCUT2D eigenvalue weighted by molar-refractivity contribution is -0.133. The highest BCUT2D eigenvalue weighted by molar-refractivity contribution is 5.85. The molecule has 1 saturated heterocycles. The molecule has 1 aromatic carbocycles. The fourth-order valence-corrected chi connectivity index (χ4v) is 1.92. The van der Waals surface area contributed by atoms with Crippen molar-refractivity contribution in [1.29, 1.82) is 0 Å². The summed E-state index contributed by atoms with van der Waals surface area (Å²) in [4.78, 5) is 25.1. The van der Waals surface area contributed by atoms with Gasteiger partial charge in [-0.25, -0.2) is 0 Å². The van der Waals surface area contributed by atoms with Gasteiger partial charge in [0.25, 0.3) is 5.91 Å². The summed E-state index contributed by atoms with van der Waals surface area (Å²) < 4.78 is 5.30. The van der Waals surface area contributed by atoms with E-state index < -0.39 is 0 Å². The lowest BCUT2D eigenvalue weighted by Gasteiger charge is -2.27. The third kappa shape index (κ3) is 6.01. The molecule has 1 aromatic rings. The van der Waals surface area contributed by atoms with Gasteiger partial charge in [-0.15, -0.1) is 12.4 Å². The second-order valence-electron chi connectivity index (χ2n) is 4.51. The van der Waals surface area contributed by atoms with Crippen LogP contribution in [0.4, 0.5) is 0 Å². The van der Waals surface area contributed by atoms with Crippen molar-refractivity contribution in [2.45, 2.75) is 0 Å². The Hall–Kier alpha value is -1.79. The maximum absolute atomic E-state index is 11.8. The summed E-state index contributed by atoms with van der Waals surface area (Å²) >= 11 is 0. The first-order valence-electron chi connectivity index (χ1n) is 6.69. The minimum atomic E-state index is -0.294. The van der Waals surface area contributed by atoms with E-state index in [1.807, 2.05) is 18.2 Å². The van der Waals surface area contributed by atoms with E-state index in [2.05, 4.69) is 10.6 Å². The number of hydrogen-bond acceptors (Lipinski definition) is 4. The Labute approximate surface area is 130 Å². The van der Waals surface area contributed by atoms with E-state index in [0.29, 0.717) is 18.8 Å². The van der Waals surface area contributed by atoms with Crippen LogP contribution in [0.1, 0.15) is 0 Å². The van der Waals surface area contributed by atoms with Crippen LogP contribution in [0.5, 0.6) is 5.75 Å². The molecule has 0 aliphatic carbocycles. The fraction of sp³-hybridized carbons (Fsp3) is 0.429. The molecule has 0 saturated carbocycles. The normalized spacial score (nSPS) is 14.0. The molecule has 1 aliphatic rings. The molecule has 2 amide bonds. The quantitative estimate of drug-likeness (QED) is 0.805. The molecular weight excluding hydrogens is 294 g/mol. The smallest absolute Gasteiger partial charge is 0.258 e. The molecule has 7 heteroatoms. The SMILES string of the molecule is Cl.O=C(COc1ccccc1)NCC(=O)N1CCNCC1. The van der Waals surface area contributed by atoms with Gasteiger partial charge in [0.15, 0.2) is 6.61 Å². The predicted octanol–water partition coefficient (Wildman–Crippen LogP) is 0.0352. The number of nitrogens with zero attached hydrogens (tertiary/aromatic N) is 1. The Morgan fingerprint density at radius 3 is 2.52 bits per heavy atom. The molecule has 2 N–H and O–H groups in total. The van der Waals surface area contributed by atoms with Gasteiger partial charge in [-0.2, -0.15) is 0 Å². The number of nitrogens with one attached hydrogen (secondary N) is 2. The van der Waals surface area contributed by atoms with Crippen LogP contribution in [-0.4, -0.2) is 56.0 Å². The first kappa shape index (κ1) is 17.3. The number of carbonyl (C=O) groups excluding carboxylic acids is 2. The van der Waals surface area contributed by atoms with Crippen LogP contribution in [0.3, 0.4) is 0 Å². The Morgan fingerprint density at radius 2 is 1.86 bits per heavy atom. The van der Waals surface area contributed by atoms with E-state index in [9.17, 15) is 9.59 Å². The fourth-order valence-electron chi connectivity index (χ4n) is 1.92. The lowest BCUT2D eigenvalue weighted by Crippen LogP contribution is -2.49. The van der Waals surface area contributed by atoms with Crippen LogP contribution < -0.4 is 15.4 Å². The average Bonchev–Trinajstić information content (AvgIpc) is 2.52. The summed E-state index contributed by atoms with van der Waals surface area (Å²) in [6.45, 7) is 2.92. The van der Waals surface area contributed by atoms with Crippen molar-refractivity contribution < 1.29 is 14.3 Å². The third-order valence-electron chi connectivity index (χ3n) is 3.02. The molecule has 0 radical (unpaired) electrons. The number of benzene rings is 1. The van der Waals surface area contributed by atoms with Gasteiger partial charge in [-0.05, 0) is 12.1 Å². The van der Waals surface area contributed by atoms with E-state index in [1.54, 1.807) is 17.0 Å². The summed E-state index contributed by atoms with van der Waals surface area (Å²) in [5, 5.41) is 5.75. The molecule has 1 aliphatic heterocycles. The number of ether oxygens (including phenoxy) is 1. The van der Waals surface area contributed by atoms with Crippen molar-refractivity contribution in [2.75, 3.05) is 39.3 Å². The van der Waals surface area contributed by atoms with Crippen LogP contribution in [0.15, 0.2) is 30.3 Å². The zero-order valence-electron chi connectivity index (χ0n) is 11.7. The van der Waals surface area contributed by atoms with E-state index >= 15 is 0 Å². The zero-order chi connectivity index (χ0) is 14.2. The van der Waals surface area contributed by atoms with Gasteiger partial charge in [0, 0.05) is 26.2 Å². The van der Waals surface area contributed by atoms with Crippen LogP contribution in [0.2, 0.25) is 0 Å². The molecular formula is C14H20ClN3O3. The molecule has 0 unspecified atom stereocenters. The van der Waals surface area contributed by atoms with Gasteiger partial charge in [0.1, 0.15) is 5.75 Å². The summed E-state index contributed by atoms with van der Waals surface area (Å²) in [6.07, 6.45) is 0. The second kappa shape index (κ2) is 9.20. The van der Waals surface area contributed by atoms with E-state index in [0.717, 1.165) is 13.1 Å². The highest BCUT2D eigenvalue weighted by Gasteiger charge is 2.16. The highest BCUT2D eigenvalue weighted by Crippen LogP contribution is 2.07. The standard InChI is InChI=1S/C14H19N3O3.ClH/c18-13(11-20-12-4-2-1-3-5-12)16-10-14(19)17-8-6-15-7-9-17;/h1-5,15H,6-11H2,(H,16,18);1H. The molecule has 0 spiro atoms. The Kier molecular flexibility index (Phi) is 7.56. The van der Waals surface area contributed by atoms with E-state index in [-0.39, 0.29) is 37.4 Å². The minimum Gasteiger partial charge on any atom is -0.484 e. The monoisotopic (exact) mass is 313 g/mol. The maximum atomic E-state index is 11.8. The summed E-state index contributed by atoms with van der Waals surface area (Å²) in [6, 6.07) is 9.10. The van der Waals surface area contributed by atoms with Crippen LogP contribution >= 0.6 is 12.4 Å². The van der Waals surface area contributed by atoms with E-state index in [4.69, 9.17) is 4.74 Å². The summed E-state index contributed by atoms with van der Waals surface area (Å²) in [7, 11) is 0. The van der Waals surface area contributed by atoms with Crippen molar-refractivity contribution in [3.8, 4) is 5.75 Å². The van der Waals surface area contributed by atoms with E-state index in [1.165, 1.54) is 0 Å². The summed E-state index contributed by atoms with van der Waals surface area (Å²) in [5.41, 5.74) is 0. The van der Waals surface area contributed by atoms with Crippen LogP contribution in [-0.2, 0) is 9.59 Å². The summed E-state index contributed by atoms with van der Waals surface area (Å²) in [5.74, 6) is 0.285. The number of carbonyl (C=O) groups is 2. The van der Waals surface area contributed by atoms with Crippen molar-refractivity contribution >= 4 is 24.2 Å². The molecule has 0 atom stereocenters. The number of hydrogen-bond donors (Lipinski definition) is 2. The largest absolute Gasteiger partial charge is 0.484 e. The maximum Gasteiger partial charge on any atom is 0.258 e. The van der Waals surface area contributed by atoms with Gasteiger partial charge in [0.05, 0.1) is 6.54 Å². The zero-order valence-corrected chi connectivity index (χ0v) is 12.5. The number of rotatable bonds is 5. The van der Waals surface area contributed by atoms with Crippen LogP contribution in [0.25, 0.3) is 0 Å². The Bertz CT molecular complexity index is 450. The average molecular weight is 314 g/mol. The van der Waals surface area contributed by atoms with Crippen molar-refractivity contribution in [1.82, 2.24) is 15.5 Å². The Balaban J connectivity index is 0.00000220. The second-order valence-corrected chi connectivity index (χ2v) is 4.51. The molecule has 6 nitrogen and oxygen atoms in total. The number of para-hydroxylation sites is 1. The Morgan fingerprint density at radius 1 is 1.19 bits per heavy atom. The molecule has 2 rings (SSSR count). The van der Waals surface area contributed by atoms with Crippen molar-refractivity contribution in [3.63, 3.8) is 0 Å². The lowest BCUT2D eigenvalue weighted by atomic mass is 10.3. The minimum absolute atomic E-state index is 0. The first-order chi connectivity index (χ1) is 9.75. The predicted molar refractivity (Wildman–Crippen MR) is 81.6 cm³/mol. The van der Waals surface area contributed by atoms with Gasteiger partial charge < -0.3 is 20.3 Å². The highest BCUT2D eigenvalue weighted by atomic mass is 35.5. The van der Waals surface area contributed by atoms with Gasteiger partial charge in [-0.3, -0.25) is 9.59 Å². The molecule has 1 fully saturated rings. The molecule has 1 heterocycles. The third-order valence-corrected chi connectivity index (χ3v) is 3.02. The van der Waals surface area contributed by atoms with Crippen molar-refractivity contribution in [3.05, 3.63) is 30.3 Å². The number of halogens is 1. The number of piperazine rings is 1.